The molecule has 2 N–H and O–H groups in total. The molecule has 2 aromatic heterocycles. The lowest BCUT2D eigenvalue weighted by Gasteiger charge is -1.97. The van der Waals surface area contributed by atoms with Gasteiger partial charge in [-0.05, 0) is 42.3 Å². The lowest BCUT2D eigenvalue weighted by molar-refractivity contribution is 0.385. The molecule has 3 rings (SSSR count). The number of hydrogen-bond donors (Lipinski definition) is 1. The van der Waals surface area contributed by atoms with Crippen LogP contribution in [0.3, 0.4) is 0 Å². The van der Waals surface area contributed by atoms with Gasteiger partial charge in [-0.1, -0.05) is 17.3 Å². The molecule has 3 aromatic rings. The number of pyridine rings is 1. The number of hydrogen-bond acceptors (Lipinski definition) is 5. The maximum Gasteiger partial charge on any atom is 0.231 e. The Morgan fingerprint density at radius 3 is 2.90 bits per heavy atom. The minimum absolute atomic E-state index is 0.507. The third-order valence-corrected chi connectivity index (χ3v) is 2.92. The molecule has 0 radical (unpaired) electrons. The quantitative estimate of drug-likeness (QED) is 0.737. The summed E-state index contributed by atoms with van der Waals surface area (Å²) in [6.45, 7) is 2.00. The van der Waals surface area contributed by atoms with Gasteiger partial charge in [0.25, 0.3) is 0 Å². The Kier molecular flexibility index (Phi) is 3.16. The zero-order chi connectivity index (χ0) is 13.9. The van der Waals surface area contributed by atoms with Crippen LogP contribution in [-0.2, 0) is 6.42 Å². The summed E-state index contributed by atoms with van der Waals surface area (Å²) in [6, 6.07) is 11.5. The molecule has 0 saturated carbocycles. The number of anilines is 1. The van der Waals surface area contributed by atoms with Gasteiger partial charge in [0.15, 0.2) is 0 Å². The highest BCUT2D eigenvalue weighted by atomic mass is 16.5. The largest absolute Gasteiger partial charge is 0.399 e. The summed E-state index contributed by atoms with van der Waals surface area (Å²) in [5, 5.41) is 3.97. The molecule has 0 aliphatic rings. The molecule has 0 fully saturated rings. The first-order chi connectivity index (χ1) is 9.70. The van der Waals surface area contributed by atoms with Crippen LogP contribution >= 0.6 is 0 Å². The van der Waals surface area contributed by atoms with Crippen molar-refractivity contribution >= 4 is 5.69 Å². The molecule has 0 amide bonds. The molecule has 0 aliphatic heterocycles. The Labute approximate surface area is 116 Å². The zero-order valence-corrected chi connectivity index (χ0v) is 11.1. The molecule has 0 bridgehead atoms. The first kappa shape index (κ1) is 12.3. The van der Waals surface area contributed by atoms with E-state index in [1.807, 2.05) is 43.3 Å². The second-order valence-electron chi connectivity index (χ2n) is 4.65. The lowest BCUT2D eigenvalue weighted by Crippen LogP contribution is -1.91. The van der Waals surface area contributed by atoms with E-state index in [1.54, 1.807) is 6.20 Å². The lowest BCUT2D eigenvalue weighted by atomic mass is 10.1. The molecule has 5 nitrogen and oxygen atoms in total. The highest BCUT2D eigenvalue weighted by Gasteiger charge is 2.10. The fourth-order valence-electron chi connectivity index (χ4n) is 1.97. The SMILES string of the molecule is Cc1ccnc(-c2noc(Cc3cccc(N)c3)n2)c1. The van der Waals surface area contributed by atoms with E-state index in [0.717, 1.165) is 16.8 Å². The van der Waals surface area contributed by atoms with Gasteiger partial charge in [0.2, 0.25) is 11.7 Å². The van der Waals surface area contributed by atoms with E-state index in [9.17, 15) is 0 Å². The monoisotopic (exact) mass is 266 g/mol. The van der Waals surface area contributed by atoms with Crippen molar-refractivity contribution in [2.24, 2.45) is 0 Å². The zero-order valence-electron chi connectivity index (χ0n) is 11.1. The second-order valence-corrected chi connectivity index (χ2v) is 4.65. The fourth-order valence-corrected chi connectivity index (χ4v) is 1.97. The van der Waals surface area contributed by atoms with Gasteiger partial charge in [0, 0.05) is 11.9 Å². The molecule has 2 heterocycles. The highest BCUT2D eigenvalue weighted by Crippen LogP contribution is 2.16. The number of nitrogens with zero attached hydrogens (tertiary/aromatic N) is 3. The van der Waals surface area contributed by atoms with E-state index in [2.05, 4.69) is 15.1 Å². The van der Waals surface area contributed by atoms with Crippen LogP contribution in [0.15, 0.2) is 47.1 Å². The van der Waals surface area contributed by atoms with Crippen LogP contribution in [0.2, 0.25) is 0 Å². The van der Waals surface area contributed by atoms with Crippen LogP contribution in [0.5, 0.6) is 0 Å². The molecular weight excluding hydrogens is 252 g/mol. The third kappa shape index (κ3) is 2.66. The van der Waals surface area contributed by atoms with Crippen molar-refractivity contribution in [2.45, 2.75) is 13.3 Å². The van der Waals surface area contributed by atoms with Crippen LogP contribution in [0.25, 0.3) is 11.5 Å². The van der Waals surface area contributed by atoms with E-state index in [4.69, 9.17) is 10.3 Å². The Morgan fingerprint density at radius 1 is 1.20 bits per heavy atom. The van der Waals surface area contributed by atoms with Gasteiger partial charge in [-0.3, -0.25) is 4.98 Å². The van der Waals surface area contributed by atoms with Gasteiger partial charge in [-0.25, -0.2) is 0 Å². The predicted octanol–water partition coefficient (Wildman–Crippen LogP) is 2.61. The van der Waals surface area contributed by atoms with Crippen molar-refractivity contribution in [3.05, 3.63) is 59.6 Å². The molecule has 0 atom stereocenters. The van der Waals surface area contributed by atoms with E-state index >= 15 is 0 Å². The summed E-state index contributed by atoms with van der Waals surface area (Å²) in [5.74, 6) is 1.06. The van der Waals surface area contributed by atoms with E-state index in [1.165, 1.54) is 0 Å². The normalized spacial score (nSPS) is 10.7. The van der Waals surface area contributed by atoms with E-state index in [0.29, 0.717) is 23.8 Å². The van der Waals surface area contributed by atoms with Crippen LogP contribution in [0, 0.1) is 6.92 Å². The van der Waals surface area contributed by atoms with Gasteiger partial charge in [-0.15, -0.1) is 0 Å². The van der Waals surface area contributed by atoms with Crippen molar-refractivity contribution < 1.29 is 4.52 Å². The maximum absolute atomic E-state index is 5.75. The number of aryl methyl sites for hydroxylation is 1. The van der Waals surface area contributed by atoms with Crippen LogP contribution in [0.1, 0.15) is 17.0 Å². The smallest absolute Gasteiger partial charge is 0.231 e. The van der Waals surface area contributed by atoms with Crippen LogP contribution < -0.4 is 5.73 Å². The molecule has 1 aromatic carbocycles. The molecule has 5 heteroatoms. The summed E-state index contributed by atoms with van der Waals surface area (Å²) < 4.78 is 5.26. The molecular formula is C15H14N4O. The van der Waals surface area contributed by atoms with Gasteiger partial charge in [-0.2, -0.15) is 4.98 Å². The number of nitrogens with two attached hydrogens (primary N) is 1. The average molecular weight is 266 g/mol. The van der Waals surface area contributed by atoms with Gasteiger partial charge < -0.3 is 10.3 Å². The van der Waals surface area contributed by atoms with Crippen molar-refractivity contribution in [1.82, 2.24) is 15.1 Å². The summed E-state index contributed by atoms with van der Waals surface area (Å²) in [7, 11) is 0. The maximum atomic E-state index is 5.75. The summed E-state index contributed by atoms with van der Waals surface area (Å²) in [4.78, 5) is 8.60. The molecule has 100 valence electrons. The minimum Gasteiger partial charge on any atom is -0.399 e. The summed E-state index contributed by atoms with van der Waals surface area (Å²) in [6.07, 6.45) is 2.29. The Bertz CT molecular complexity index is 736. The van der Waals surface area contributed by atoms with Gasteiger partial charge in [0.05, 0.1) is 6.42 Å². The Hall–Kier alpha value is -2.69. The van der Waals surface area contributed by atoms with Crippen molar-refractivity contribution in [3.8, 4) is 11.5 Å². The highest BCUT2D eigenvalue weighted by molar-refractivity contribution is 5.49. The molecule has 0 aliphatic carbocycles. The number of nitrogen functional groups attached to an aromatic ring is 1. The molecule has 0 unspecified atom stereocenters. The first-order valence-electron chi connectivity index (χ1n) is 6.31. The number of aromatic nitrogens is 3. The van der Waals surface area contributed by atoms with Crippen molar-refractivity contribution in [2.75, 3.05) is 5.73 Å². The van der Waals surface area contributed by atoms with Crippen LogP contribution in [0.4, 0.5) is 5.69 Å². The van der Waals surface area contributed by atoms with Crippen LogP contribution in [-0.4, -0.2) is 15.1 Å². The topological polar surface area (TPSA) is 77.8 Å². The number of rotatable bonds is 3. The third-order valence-electron chi connectivity index (χ3n) is 2.92. The minimum atomic E-state index is 0.507. The summed E-state index contributed by atoms with van der Waals surface area (Å²) in [5.41, 5.74) is 9.34. The first-order valence-corrected chi connectivity index (χ1v) is 6.31. The predicted molar refractivity (Wildman–Crippen MR) is 75.9 cm³/mol. The average Bonchev–Trinajstić information content (AvgIpc) is 2.87. The summed E-state index contributed by atoms with van der Waals surface area (Å²) >= 11 is 0. The molecule has 20 heavy (non-hydrogen) atoms. The van der Waals surface area contributed by atoms with Gasteiger partial charge >= 0.3 is 0 Å². The molecule has 0 saturated heterocycles. The fraction of sp³-hybridized carbons (Fsp3) is 0.133. The van der Waals surface area contributed by atoms with E-state index < -0.39 is 0 Å². The standard InChI is InChI=1S/C15H14N4O/c1-10-5-6-17-13(7-10)15-18-14(20-19-15)9-11-3-2-4-12(16)8-11/h2-8H,9,16H2,1H3. The number of benzene rings is 1. The van der Waals surface area contributed by atoms with Gasteiger partial charge in [0.1, 0.15) is 5.69 Å². The van der Waals surface area contributed by atoms with Crippen molar-refractivity contribution in [1.29, 1.82) is 0 Å². The molecule has 0 spiro atoms. The second kappa shape index (κ2) is 5.13. The Morgan fingerprint density at radius 2 is 2.10 bits per heavy atom. The Balaban J connectivity index is 1.84. The van der Waals surface area contributed by atoms with Crippen molar-refractivity contribution in [3.63, 3.8) is 0 Å². The van der Waals surface area contributed by atoms with E-state index in [-0.39, 0.29) is 0 Å².